The largest absolute Gasteiger partial charge is 0.325 e. The van der Waals surface area contributed by atoms with Crippen molar-refractivity contribution in [3.05, 3.63) is 29.8 Å². The molecule has 1 rings (SSSR count). The fraction of sp³-hybridized carbons (Fsp3) is 0.533. The molecule has 1 aromatic carbocycles. The van der Waals surface area contributed by atoms with Gasteiger partial charge >= 0.3 is 0 Å². The zero-order chi connectivity index (χ0) is 17.6. The fourth-order valence-corrected chi connectivity index (χ4v) is 3.31. The van der Waals surface area contributed by atoms with Crippen LogP contribution >= 0.6 is 0 Å². The molecule has 5 nitrogen and oxygen atoms in total. The Bertz CT molecular complexity index is 650. The van der Waals surface area contributed by atoms with E-state index in [1.165, 1.54) is 6.07 Å². The molecular weight excluding hydrogens is 326 g/mol. The quantitative estimate of drug-likeness (QED) is 0.781. The molecule has 0 unspecified atom stereocenters. The zero-order valence-electron chi connectivity index (χ0n) is 13.5. The molecule has 0 radical (unpaired) electrons. The molecule has 1 amide bonds. The number of amides is 1. The van der Waals surface area contributed by atoms with Crippen molar-refractivity contribution < 1.29 is 22.0 Å². The second-order valence-corrected chi connectivity index (χ2v) is 7.69. The number of benzene rings is 1. The van der Waals surface area contributed by atoms with Crippen molar-refractivity contribution in [1.29, 1.82) is 0 Å². The second kappa shape index (κ2) is 8.35. The number of rotatable bonds is 8. The minimum Gasteiger partial charge on any atom is -0.325 e. The van der Waals surface area contributed by atoms with Crippen LogP contribution in [-0.2, 0) is 14.6 Å². The molecule has 0 aliphatic heterocycles. The molecule has 1 aromatic rings. The molecule has 0 bridgehead atoms. The van der Waals surface area contributed by atoms with Crippen LogP contribution in [0.4, 0.5) is 14.5 Å². The second-order valence-electron chi connectivity index (χ2n) is 5.29. The molecule has 1 N–H and O–H groups in total. The van der Waals surface area contributed by atoms with Crippen molar-refractivity contribution in [2.75, 3.05) is 29.9 Å². The molecule has 0 aliphatic carbocycles. The van der Waals surface area contributed by atoms with E-state index in [1.807, 2.05) is 6.92 Å². The van der Waals surface area contributed by atoms with Crippen LogP contribution in [0.3, 0.4) is 0 Å². The number of carbonyl (C=O) groups is 1. The Kier molecular flexibility index (Phi) is 7.08. The molecule has 0 saturated carbocycles. The predicted molar refractivity (Wildman–Crippen MR) is 86.0 cm³/mol. The summed E-state index contributed by atoms with van der Waals surface area (Å²) in [6, 6.07) is 2.77. The average molecular weight is 348 g/mol. The Balaban J connectivity index is 2.67. The van der Waals surface area contributed by atoms with E-state index >= 15 is 0 Å². The third-order valence-electron chi connectivity index (χ3n) is 3.51. The first-order chi connectivity index (χ1) is 10.7. The number of hydrogen-bond acceptors (Lipinski definition) is 4. The van der Waals surface area contributed by atoms with E-state index in [-0.39, 0.29) is 29.8 Å². The summed E-state index contributed by atoms with van der Waals surface area (Å²) in [7, 11) is -3.14. The van der Waals surface area contributed by atoms with Gasteiger partial charge in [0, 0.05) is 23.5 Å². The van der Waals surface area contributed by atoms with Crippen LogP contribution in [-0.4, -0.2) is 49.9 Å². The molecule has 0 aliphatic rings. The zero-order valence-corrected chi connectivity index (χ0v) is 14.3. The van der Waals surface area contributed by atoms with Crippen LogP contribution < -0.4 is 5.32 Å². The number of anilines is 1. The van der Waals surface area contributed by atoms with E-state index < -0.39 is 27.4 Å². The van der Waals surface area contributed by atoms with Crippen molar-refractivity contribution in [2.24, 2.45) is 0 Å². The third kappa shape index (κ3) is 6.23. The number of carbonyl (C=O) groups excluding carboxylic acids is 1. The minimum absolute atomic E-state index is 0.0318. The minimum atomic E-state index is -3.14. The van der Waals surface area contributed by atoms with E-state index in [9.17, 15) is 22.0 Å². The molecular formula is C15H22F2N2O3S. The smallest absolute Gasteiger partial charge is 0.238 e. The molecule has 0 heterocycles. The highest BCUT2D eigenvalue weighted by Crippen LogP contribution is 2.13. The molecule has 23 heavy (non-hydrogen) atoms. The van der Waals surface area contributed by atoms with Gasteiger partial charge in [-0.3, -0.25) is 9.69 Å². The fourth-order valence-electron chi connectivity index (χ4n) is 2.13. The Morgan fingerprint density at radius 2 is 1.91 bits per heavy atom. The van der Waals surface area contributed by atoms with Gasteiger partial charge in [0.25, 0.3) is 0 Å². The maximum Gasteiger partial charge on any atom is 0.238 e. The van der Waals surface area contributed by atoms with E-state index in [4.69, 9.17) is 0 Å². The summed E-state index contributed by atoms with van der Waals surface area (Å²) < 4.78 is 49.3. The van der Waals surface area contributed by atoms with Crippen LogP contribution in [0, 0.1) is 11.6 Å². The Labute approximate surface area is 135 Å². The Morgan fingerprint density at radius 1 is 1.26 bits per heavy atom. The molecule has 0 saturated heterocycles. The molecule has 130 valence electrons. The summed E-state index contributed by atoms with van der Waals surface area (Å²) in [5.41, 5.74) is 0.152. The van der Waals surface area contributed by atoms with Gasteiger partial charge in [-0.15, -0.1) is 0 Å². The van der Waals surface area contributed by atoms with E-state index in [0.717, 1.165) is 12.1 Å². The normalized spacial score (nSPS) is 13.1. The summed E-state index contributed by atoms with van der Waals surface area (Å²) in [5, 5.41) is 2.47. The first-order valence-corrected chi connectivity index (χ1v) is 9.20. The van der Waals surface area contributed by atoms with Crippen LogP contribution in [0.5, 0.6) is 0 Å². The summed E-state index contributed by atoms with van der Waals surface area (Å²) >= 11 is 0. The maximum absolute atomic E-state index is 13.1. The Hall–Kier alpha value is -1.54. The molecule has 8 heteroatoms. The van der Waals surface area contributed by atoms with Crippen molar-refractivity contribution >= 4 is 21.4 Å². The van der Waals surface area contributed by atoms with E-state index in [2.05, 4.69) is 5.32 Å². The van der Waals surface area contributed by atoms with Crippen molar-refractivity contribution in [3.63, 3.8) is 0 Å². The lowest BCUT2D eigenvalue weighted by Crippen LogP contribution is -2.42. The average Bonchev–Trinajstić information content (AvgIpc) is 2.48. The number of hydrogen-bond donors (Lipinski definition) is 1. The van der Waals surface area contributed by atoms with Gasteiger partial charge < -0.3 is 5.32 Å². The van der Waals surface area contributed by atoms with Gasteiger partial charge in [0.1, 0.15) is 0 Å². The SMILES string of the molecule is CCN(CC(=O)Nc1ccc(F)c(F)c1)[C@@H](C)CS(=O)(=O)CC. The van der Waals surface area contributed by atoms with Gasteiger partial charge in [0.2, 0.25) is 5.91 Å². The Morgan fingerprint density at radius 3 is 2.43 bits per heavy atom. The van der Waals surface area contributed by atoms with Gasteiger partial charge in [-0.1, -0.05) is 13.8 Å². The van der Waals surface area contributed by atoms with Gasteiger partial charge in [-0.25, -0.2) is 17.2 Å². The molecule has 0 aromatic heterocycles. The lowest BCUT2D eigenvalue weighted by Gasteiger charge is -2.26. The van der Waals surface area contributed by atoms with Crippen LogP contribution in [0.1, 0.15) is 20.8 Å². The van der Waals surface area contributed by atoms with Crippen LogP contribution in [0.25, 0.3) is 0 Å². The topological polar surface area (TPSA) is 66.5 Å². The van der Waals surface area contributed by atoms with Crippen molar-refractivity contribution in [1.82, 2.24) is 4.90 Å². The van der Waals surface area contributed by atoms with E-state index in [0.29, 0.717) is 6.54 Å². The summed E-state index contributed by atoms with van der Waals surface area (Å²) in [6.07, 6.45) is 0. The predicted octanol–water partition coefficient (Wildman–Crippen LogP) is 2.05. The highest BCUT2D eigenvalue weighted by Gasteiger charge is 2.21. The maximum atomic E-state index is 13.1. The van der Waals surface area contributed by atoms with Crippen molar-refractivity contribution in [2.45, 2.75) is 26.8 Å². The molecule has 0 fully saturated rings. The highest BCUT2D eigenvalue weighted by molar-refractivity contribution is 7.91. The van der Waals surface area contributed by atoms with Crippen LogP contribution in [0.2, 0.25) is 0 Å². The van der Waals surface area contributed by atoms with Gasteiger partial charge in [-0.05, 0) is 25.6 Å². The third-order valence-corrected chi connectivity index (χ3v) is 5.38. The number of nitrogens with zero attached hydrogens (tertiary/aromatic N) is 1. The first kappa shape index (κ1) is 19.5. The number of likely N-dealkylation sites (N-methyl/N-ethyl adjacent to an activating group) is 1. The lowest BCUT2D eigenvalue weighted by molar-refractivity contribution is -0.117. The van der Waals surface area contributed by atoms with Crippen molar-refractivity contribution in [3.8, 4) is 0 Å². The monoisotopic (exact) mass is 348 g/mol. The standard InChI is InChI=1S/C15H22F2N2O3S/c1-4-19(11(3)10-23(21,22)5-2)9-15(20)18-12-6-7-13(16)14(17)8-12/h6-8,11H,4-5,9-10H2,1-3H3,(H,18,20)/t11-/m0/s1. The summed E-state index contributed by atoms with van der Waals surface area (Å²) in [5.74, 6) is -2.43. The number of nitrogens with one attached hydrogen (secondary N) is 1. The van der Waals surface area contributed by atoms with Gasteiger partial charge in [-0.2, -0.15) is 0 Å². The van der Waals surface area contributed by atoms with Gasteiger partial charge in [0.15, 0.2) is 21.5 Å². The van der Waals surface area contributed by atoms with Gasteiger partial charge in [0.05, 0.1) is 12.3 Å². The number of halogens is 2. The summed E-state index contributed by atoms with van der Waals surface area (Å²) in [6.45, 7) is 5.59. The first-order valence-electron chi connectivity index (χ1n) is 7.37. The highest BCUT2D eigenvalue weighted by atomic mass is 32.2. The summed E-state index contributed by atoms with van der Waals surface area (Å²) in [4.78, 5) is 13.7. The molecule has 1 atom stereocenters. The van der Waals surface area contributed by atoms with Crippen LogP contribution in [0.15, 0.2) is 18.2 Å². The molecule has 0 spiro atoms. The van der Waals surface area contributed by atoms with E-state index in [1.54, 1.807) is 18.7 Å². The number of sulfone groups is 1. The lowest BCUT2D eigenvalue weighted by atomic mass is 10.3.